The Labute approximate surface area is 180 Å². The normalized spacial score (nSPS) is 13.5. The number of carbonyl (C=O) groups excluding carboxylic acids is 1. The van der Waals surface area contributed by atoms with Gasteiger partial charge in [0.1, 0.15) is 5.82 Å². The number of nitrogens with zero attached hydrogens (tertiary/aromatic N) is 3. The van der Waals surface area contributed by atoms with E-state index in [-0.39, 0.29) is 11.9 Å². The van der Waals surface area contributed by atoms with E-state index in [1.54, 1.807) is 0 Å². The molecule has 5 N–H and O–H groups in total. The van der Waals surface area contributed by atoms with Crippen LogP contribution in [0, 0.1) is 0 Å². The highest BCUT2D eigenvalue weighted by molar-refractivity contribution is 5.99. The molecule has 0 radical (unpaired) electrons. The van der Waals surface area contributed by atoms with E-state index in [4.69, 9.17) is 11.5 Å². The molecule has 0 aliphatic heterocycles. The van der Waals surface area contributed by atoms with E-state index in [9.17, 15) is 4.79 Å². The molecule has 0 atom stereocenters. The number of carbonyl (C=O) groups is 1. The van der Waals surface area contributed by atoms with Crippen molar-refractivity contribution in [1.82, 2.24) is 19.9 Å². The largest absolute Gasteiger partial charge is 0.383 e. The lowest BCUT2D eigenvalue weighted by Gasteiger charge is -2.14. The fraction of sp³-hybridized carbons (Fsp3) is 0.292. The van der Waals surface area contributed by atoms with Gasteiger partial charge in [0.05, 0.1) is 5.52 Å². The first kappa shape index (κ1) is 19.4. The van der Waals surface area contributed by atoms with E-state index >= 15 is 0 Å². The second-order valence-corrected chi connectivity index (χ2v) is 8.11. The first-order valence-corrected chi connectivity index (χ1v) is 10.8. The van der Waals surface area contributed by atoms with Crippen LogP contribution in [0.2, 0.25) is 0 Å². The van der Waals surface area contributed by atoms with Gasteiger partial charge < -0.3 is 21.4 Å². The van der Waals surface area contributed by atoms with E-state index in [1.165, 1.54) is 35.0 Å². The summed E-state index contributed by atoms with van der Waals surface area (Å²) in [5, 5.41) is 4.99. The molecular formula is C24H26N6O. The maximum absolute atomic E-state index is 12.9. The fourth-order valence-electron chi connectivity index (χ4n) is 4.75. The van der Waals surface area contributed by atoms with Crippen LogP contribution in [0.15, 0.2) is 36.4 Å². The predicted octanol–water partition coefficient (Wildman–Crippen LogP) is 3.58. The van der Waals surface area contributed by atoms with Crippen molar-refractivity contribution in [3.8, 4) is 0 Å². The molecule has 31 heavy (non-hydrogen) atoms. The average Bonchev–Trinajstić information content (AvgIpc) is 3.10. The van der Waals surface area contributed by atoms with Crippen molar-refractivity contribution in [3.63, 3.8) is 0 Å². The highest BCUT2D eigenvalue weighted by Crippen LogP contribution is 2.32. The zero-order valence-electron chi connectivity index (χ0n) is 17.6. The van der Waals surface area contributed by atoms with Crippen molar-refractivity contribution >= 4 is 39.5 Å². The molecule has 5 rings (SSSR count). The summed E-state index contributed by atoms with van der Waals surface area (Å²) in [6, 6.07) is 11.7. The van der Waals surface area contributed by atoms with E-state index in [0.29, 0.717) is 23.4 Å². The first-order chi connectivity index (χ1) is 15.0. The number of anilines is 2. The quantitative estimate of drug-likeness (QED) is 0.473. The molecule has 0 unspecified atom stereocenters. The molecule has 0 bridgehead atoms. The van der Waals surface area contributed by atoms with Gasteiger partial charge >= 0.3 is 0 Å². The maximum Gasteiger partial charge on any atom is 0.251 e. The predicted molar refractivity (Wildman–Crippen MR) is 124 cm³/mol. The number of hydrogen-bond acceptors (Lipinski definition) is 5. The molecule has 1 amide bonds. The number of aryl methyl sites for hydroxylation is 2. The Kier molecular flexibility index (Phi) is 4.73. The Hall–Kier alpha value is -3.61. The van der Waals surface area contributed by atoms with Gasteiger partial charge in [-0.2, -0.15) is 4.98 Å². The molecule has 0 saturated carbocycles. The smallest absolute Gasteiger partial charge is 0.251 e. The van der Waals surface area contributed by atoms with Crippen LogP contribution >= 0.6 is 0 Å². The Morgan fingerprint density at radius 3 is 2.74 bits per heavy atom. The molecule has 7 nitrogen and oxygen atoms in total. The Morgan fingerprint density at radius 2 is 1.90 bits per heavy atom. The minimum atomic E-state index is -0.0856. The van der Waals surface area contributed by atoms with Gasteiger partial charge in [-0.15, -0.1) is 0 Å². The van der Waals surface area contributed by atoms with E-state index in [1.807, 2.05) is 24.3 Å². The van der Waals surface area contributed by atoms with E-state index in [2.05, 4.69) is 38.9 Å². The Bertz CT molecular complexity index is 1320. The third kappa shape index (κ3) is 3.36. The van der Waals surface area contributed by atoms with Crippen LogP contribution in [0.4, 0.5) is 11.8 Å². The van der Waals surface area contributed by atoms with E-state index < -0.39 is 0 Å². The van der Waals surface area contributed by atoms with Gasteiger partial charge in [-0.3, -0.25) is 4.79 Å². The second-order valence-electron chi connectivity index (χ2n) is 8.11. The van der Waals surface area contributed by atoms with E-state index in [0.717, 1.165) is 30.3 Å². The summed E-state index contributed by atoms with van der Waals surface area (Å²) >= 11 is 0. The van der Waals surface area contributed by atoms with Crippen LogP contribution in [-0.2, 0) is 25.9 Å². The van der Waals surface area contributed by atoms with Gasteiger partial charge in [0, 0.05) is 40.6 Å². The van der Waals surface area contributed by atoms with Crippen molar-refractivity contribution in [2.75, 3.05) is 11.5 Å². The van der Waals surface area contributed by atoms with Gasteiger partial charge in [0.2, 0.25) is 5.95 Å². The molecule has 0 fully saturated rings. The van der Waals surface area contributed by atoms with Crippen molar-refractivity contribution in [2.45, 2.75) is 45.7 Å². The van der Waals surface area contributed by atoms with Gasteiger partial charge in [0.15, 0.2) is 0 Å². The summed E-state index contributed by atoms with van der Waals surface area (Å²) in [6.07, 6.45) is 4.67. The van der Waals surface area contributed by atoms with Gasteiger partial charge in [-0.25, -0.2) is 4.98 Å². The first-order valence-electron chi connectivity index (χ1n) is 10.8. The summed E-state index contributed by atoms with van der Waals surface area (Å²) in [4.78, 5) is 21.1. The number of rotatable bonds is 4. The van der Waals surface area contributed by atoms with Crippen LogP contribution < -0.4 is 16.8 Å². The minimum Gasteiger partial charge on any atom is -0.383 e. The molecule has 2 heterocycles. The number of hydrogen-bond donors (Lipinski definition) is 3. The van der Waals surface area contributed by atoms with Crippen molar-refractivity contribution in [2.24, 2.45) is 0 Å². The molecule has 4 aromatic rings. The van der Waals surface area contributed by atoms with Gasteiger partial charge in [-0.05, 0) is 74.1 Å². The standard InChI is InChI=1S/C24H26N6O/c1-2-30-20-6-4-3-5-16(20)18-12-15(8-10-21(18)30)23(31)27-13-14-7-9-17-19(11-14)28-24(26)29-22(17)25/h7-12H,2-6,13H2,1H3,(H,27,31)(H4,25,26,28,29). The van der Waals surface area contributed by atoms with Crippen LogP contribution in [0.25, 0.3) is 21.8 Å². The summed E-state index contributed by atoms with van der Waals surface area (Å²) in [5.74, 6) is 0.410. The number of benzene rings is 2. The van der Waals surface area contributed by atoms with Crippen molar-refractivity contribution in [3.05, 3.63) is 58.8 Å². The number of fused-ring (bicyclic) bond motifs is 4. The van der Waals surface area contributed by atoms with Gasteiger partial charge in [-0.1, -0.05) is 6.07 Å². The van der Waals surface area contributed by atoms with Crippen LogP contribution in [-0.4, -0.2) is 20.4 Å². The van der Waals surface area contributed by atoms with Crippen LogP contribution in [0.1, 0.15) is 46.9 Å². The third-order valence-electron chi connectivity index (χ3n) is 6.22. The number of nitrogen functional groups attached to an aromatic ring is 2. The van der Waals surface area contributed by atoms with Crippen LogP contribution in [0.3, 0.4) is 0 Å². The number of amides is 1. The average molecular weight is 415 g/mol. The van der Waals surface area contributed by atoms with Crippen molar-refractivity contribution < 1.29 is 4.79 Å². The molecule has 2 aromatic heterocycles. The van der Waals surface area contributed by atoms with Gasteiger partial charge in [0.25, 0.3) is 5.91 Å². The Balaban J connectivity index is 1.40. The molecule has 1 aliphatic carbocycles. The Morgan fingerprint density at radius 1 is 1.06 bits per heavy atom. The third-order valence-corrected chi connectivity index (χ3v) is 6.22. The fourth-order valence-corrected chi connectivity index (χ4v) is 4.75. The monoisotopic (exact) mass is 414 g/mol. The lowest BCUT2D eigenvalue weighted by Crippen LogP contribution is -2.22. The topological polar surface area (TPSA) is 112 Å². The highest BCUT2D eigenvalue weighted by atomic mass is 16.1. The highest BCUT2D eigenvalue weighted by Gasteiger charge is 2.20. The summed E-state index contributed by atoms with van der Waals surface area (Å²) < 4.78 is 2.40. The maximum atomic E-state index is 12.9. The lowest BCUT2D eigenvalue weighted by molar-refractivity contribution is 0.0951. The number of nitrogens with two attached hydrogens (primary N) is 2. The zero-order chi connectivity index (χ0) is 21.5. The minimum absolute atomic E-state index is 0.0856. The SMILES string of the molecule is CCn1c2c(c3cc(C(=O)NCc4ccc5c(N)nc(N)nc5c4)ccc31)CCCC2. The summed E-state index contributed by atoms with van der Waals surface area (Å²) in [7, 11) is 0. The second kappa shape index (κ2) is 7.58. The molecule has 158 valence electrons. The summed E-state index contributed by atoms with van der Waals surface area (Å²) in [6.45, 7) is 3.54. The molecule has 0 saturated heterocycles. The number of nitrogens with one attached hydrogen (secondary N) is 1. The lowest BCUT2D eigenvalue weighted by atomic mass is 9.95. The van der Waals surface area contributed by atoms with Crippen molar-refractivity contribution in [1.29, 1.82) is 0 Å². The molecule has 0 spiro atoms. The zero-order valence-corrected chi connectivity index (χ0v) is 17.6. The molecule has 1 aliphatic rings. The molecule has 7 heteroatoms. The molecule has 2 aromatic carbocycles. The summed E-state index contributed by atoms with van der Waals surface area (Å²) in [5.41, 5.74) is 18.0. The molecular weight excluding hydrogens is 388 g/mol. The van der Waals surface area contributed by atoms with Crippen LogP contribution in [0.5, 0.6) is 0 Å². The number of aromatic nitrogens is 3.